The van der Waals surface area contributed by atoms with Gasteiger partial charge in [-0.3, -0.25) is 9.59 Å². The van der Waals surface area contributed by atoms with Crippen LogP contribution in [-0.4, -0.2) is 35.7 Å². The number of ketones is 1. The summed E-state index contributed by atoms with van der Waals surface area (Å²) in [5.41, 5.74) is 1.01. The van der Waals surface area contributed by atoms with Crippen LogP contribution in [0.4, 0.5) is 4.39 Å². The average Bonchev–Trinajstić information content (AvgIpc) is 2.85. The largest absolute Gasteiger partial charge is 0.462 e. The first-order valence-electron chi connectivity index (χ1n) is 10.3. The molecule has 3 saturated carbocycles. The number of aliphatic hydroxyl groups excluding tert-OH is 1. The van der Waals surface area contributed by atoms with Crippen molar-refractivity contribution in [3.63, 3.8) is 0 Å². The summed E-state index contributed by atoms with van der Waals surface area (Å²) in [6.45, 7) is 5.59. The van der Waals surface area contributed by atoms with E-state index in [0.29, 0.717) is 18.4 Å². The summed E-state index contributed by atoms with van der Waals surface area (Å²) >= 11 is 0. The molecule has 4 aliphatic carbocycles. The zero-order valence-corrected chi connectivity index (χ0v) is 16.8. The standard InChI is InChI=1S/C23H29FO4/c1-13(25)28-9-7-17-19(24)11-18-16-5-4-14-10-15(26)6-8-22(14,2)21(16)20(27)12-23(17,18)3/h6-8,10,16,18-21,27H,4-5,9,11-12H2,1-3H3/b17-7-/t16-,18+,19+,20+,21-,22-,23+/m0/s1. The minimum atomic E-state index is -1.07. The van der Waals surface area contributed by atoms with E-state index in [4.69, 9.17) is 4.74 Å². The van der Waals surface area contributed by atoms with Gasteiger partial charge < -0.3 is 9.84 Å². The van der Waals surface area contributed by atoms with Crippen molar-refractivity contribution in [2.24, 2.45) is 28.6 Å². The van der Waals surface area contributed by atoms with Crippen LogP contribution in [0.5, 0.6) is 0 Å². The molecule has 0 aromatic carbocycles. The molecular weight excluding hydrogens is 359 g/mol. The lowest BCUT2D eigenvalue weighted by atomic mass is 9.47. The van der Waals surface area contributed by atoms with Crippen molar-refractivity contribution in [1.82, 2.24) is 0 Å². The van der Waals surface area contributed by atoms with Gasteiger partial charge in [-0.25, -0.2) is 4.39 Å². The summed E-state index contributed by atoms with van der Waals surface area (Å²) in [5.74, 6) is -0.0271. The molecule has 4 nitrogen and oxygen atoms in total. The fraction of sp³-hybridized carbons (Fsp3) is 0.652. The van der Waals surface area contributed by atoms with Crippen LogP contribution in [0.1, 0.15) is 46.5 Å². The van der Waals surface area contributed by atoms with Crippen LogP contribution in [0.2, 0.25) is 0 Å². The van der Waals surface area contributed by atoms with E-state index in [0.717, 1.165) is 18.4 Å². The van der Waals surface area contributed by atoms with Gasteiger partial charge in [0.1, 0.15) is 12.8 Å². The van der Waals surface area contributed by atoms with Crippen molar-refractivity contribution < 1.29 is 23.8 Å². The van der Waals surface area contributed by atoms with E-state index in [2.05, 4.69) is 13.8 Å². The smallest absolute Gasteiger partial charge is 0.302 e. The van der Waals surface area contributed by atoms with Crippen LogP contribution in [0, 0.1) is 28.6 Å². The normalized spacial score (nSPS) is 45.9. The Labute approximate surface area is 165 Å². The molecule has 0 aromatic heterocycles. The van der Waals surface area contributed by atoms with Crippen molar-refractivity contribution in [2.75, 3.05) is 6.61 Å². The van der Waals surface area contributed by atoms with Crippen molar-refractivity contribution >= 4 is 11.8 Å². The van der Waals surface area contributed by atoms with Gasteiger partial charge in [0.25, 0.3) is 0 Å². The van der Waals surface area contributed by atoms with Gasteiger partial charge >= 0.3 is 5.97 Å². The Morgan fingerprint density at radius 1 is 1.43 bits per heavy atom. The fourth-order valence-electron chi connectivity index (χ4n) is 6.76. The molecule has 28 heavy (non-hydrogen) atoms. The number of carbonyl (C=O) groups is 2. The molecule has 1 N–H and O–H groups in total. The van der Waals surface area contributed by atoms with Gasteiger partial charge in [-0.05, 0) is 66.7 Å². The van der Waals surface area contributed by atoms with Gasteiger partial charge in [0.2, 0.25) is 0 Å². The Morgan fingerprint density at radius 2 is 2.18 bits per heavy atom. The maximum Gasteiger partial charge on any atom is 0.302 e. The Kier molecular flexibility index (Phi) is 4.65. The maximum atomic E-state index is 15.1. The molecule has 0 heterocycles. The van der Waals surface area contributed by atoms with Crippen LogP contribution >= 0.6 is 0 Å². The lowest BCUT2D eigenvalue weighted by Crippen LogP contribution is -2.55. The van der Waals surface area contributed by atoms with Crippen LogP contribution in [0.3, 0.4) is 0 Å². The van der Waals surface area contributed by atoms with E-state index in [1.165, 1.54) is 6.92 Å². The molecule has 3 fully saturated rings. The lowest BCUT2D eigenvalue weighted by molar-refractivity contribution is -0.139. The van der Waals surface area contributed by atoms with Crippen LogP contribution in [0.25, 0.3) is 0 Å². The first kappa shape index (κ1) is 19.6. The molecular formula is C23H29FO4. The van der Waals surface area contributed by atoms with E-state index in [9.17, 15) is 14.7 Å². The van der Waals surface area contributed by atoms with Crippen molar-refractivity contribution in [3.8, 4) is 0 Å². The third-order valence-corrected chi connectivity index (χ3v) is 7.93. The van der Waals surface area contributed by atoms with Crippen molar-refractivity contribution in [2.45, 2.75) is 58.7 Å². The van der Waals surface area contributed by atoms with Gasteiger partial charge in [-0.15, -0.1) is 0 Å². The molecule has 0 bridgehead atoms. The molecule has 7 atom stereocenters. The third kappa shape index (κ3) is 2.81. The highest BCUT2D eigenvalue weighted by atomic mass is 19.1. The SMILES string of the molecule is CC(=O)OC/C=C1/[C@H](F)C[C@@H]2[C@@H]3CCC4=CC(=O)C=C[C@]4(C)[C@@H]3[C@H](O)C[C@]12C. The molecule has 152 valence electrons. The van der Waals surface area contributed by atoms with E-state index >= 15 is 4.39 Å². The Morgan fingerprint density at radius 3 is 2.89 bits per heavy atom. The van der Waals surface area contributed by atoms with Crippen molar-refractivity contribution in [1.29, 1.82) is 0 Å². The molecule has 5 heteroatoms. The topological polar surface area (TPSA) is 63.6 Å². The molecule has 0 unspecified atom stereocenters. The average molecular weight is 388 g/mol. The molecule has 0 spiro atoms. The van der Waals surface area contributed by atoms with Crippen LogP contribution in [0.15, 0.2) is 35.5 Å². The van der Waals surface area contributed by atoms with Gasteiger partial charge in [0, 0.05) is 18.3 Å². The summed E-state index contributed by atoms with van der Waals surface area (Å²) in [6.07, 6.45) is 8.03. The Bertz CT molecular complexity index is 796. The quantitative estimate of drug-likeness (QED) is 0.579. The van der Waals surface area contributed by atoms with E-state index in [-0.39, 0.29) is 41.5 Å². The zero-order chi connectivity index (χ0) is 20.3. The predicted octanol–water partition coefficient (Wildman–Crippen LogP) is 3.70. The predicted molar refractivity (Wildman–Crippen MR) is 103 cm³/mol. The van der Waals surface area contributed by atoms with Gasteiger partial charge in [0.15, 0.2) is 5.78 Å². The Balaban J connectivity index is 1.67. The number of allylic oxidation sites excluding steroid dienone is 5. The highest BCUT2D eigenvalue weighted by Crippen LogP contribution is 2.66. The molecule has 0 aromatic rings. The summed E-state index contributed by atoms with van der Waals surface area (Å²) in [7, 11) is 0. The number of esters is 1. The molecule has 0 aliphatic heterocycles. The molecule has 4 rings (SSSR count). The number of halogens is 1. The van der Waals surface area contributed by atoms with E-state index in [1.807, 2.05) is 6.08 Å². The number of hydrogen-bond donors (Lipinski definition) is 1. The van der Waals surface area contributed by atoms with E-state index in [1.54, 1.807) is 18.2 Å². The van der Waals surface area contributed by atoms with Gasteiger partial charge in [-0.1, -0.05) is 25.5 Å². The first-order valence-corrected chi connectivity index (χ1v) is 10.3. The van der Waals surface area contributed by atoms with Crippen molar-refractivity contribution in [3.05, 3.63) is 35.5 Å². The second-order valence-corrected chi connectivity index (χ2v) is 9.38. The van der Waals surface area contributed by atoms with Gasteiger partial charge in [0.05, 0.1) is 6.10 Å². The monoisotopic (exact) mass is 388 g/mol. The van der Waals surface area contributed by atoms with Gasteiger partial charge in [-0.2, -0.15) is 0 Å². The first-order chi connectivity index (χ1) is 13.2. The lowest BCUT2D eigenvalue weighted by Gasteiger charge is -2.58. The number of fused-ring (bicyclic) bond motifs is 5. The minimum Gasteiger partial charge on any atom is -0.462 e. The highest BCUT2D eigenvalue weighted by Gasteiger charge is 2.62. The Hall–Kier alpha value is -1.75. The molecule has 0 saturated heterocycles. The number of ether oxygens (including phenoxy) is 1. The number of alkyl halides is 1. The maximum absolute atomic E-state index is 15.1. The highest BCUT2D eigenvalue weighted by molar-refractivity contribution is 6.01. The van der Waals surface area contributed by atoms with E-state index < -0.39 is 17.7 Å². The number of hydrogen-bond acceptors (Lipinski definition) is 4. The second kappa shape index (κ2) is 6.65. The number of rotatable bonds is 2. The summed E-state index contributed by atoms with van der Waals surface area (Å²) in [6, 6.07) is 0. The summed E-state index contributed by atoms with van der Waals surface area (Å²) < 4.78 is 20.1. The number of carbonyl (C=O) groups excluding carboxylic acids is 2. The molecule has 4 aliphatic rings. The number of aliphatic hydroxyl groups is 1. The minimum absolute atomic E-state index is 0.00468. The zero-order valence-electron chi connectivity index (χ0n) is 16.8. The van der Waals surface area contributed by atoms with Crippen LogP contribution < -0.4 is 0 Å². The van der Waals surface area contributed by atoms with Crippen LogP contribution in [-0.2, 0) is 14.3 Å². The summed E-state index contributed by atoms with van der Waals surface area (Å²) in [5, 5.41) is 11.2. The third-order valence-electron chi connectivity index (χ3n) is 7.93. The summed E-state index contributed by atoms with van der Waals surface area (Å²) in [4.78, 5) is 22.9. The fourth-order valence-corrected chi connectivity index (χ4v) is 6.76. The molecule has 0 amide bonds. The second-order valence-electron chi connectivity index (χ2n) is 9.38. The molecule has 0 radical (unpaired) electrons.